The standard InChI is InChI=1S/C18H32N2O3S/c1-5-15(6-2)12-20-13-18(23-17(20)22)8-10-19(11-9-18)16(21)14(4)24-7-3/h14-15H,5-13H2,1-4H3/t14-/m0/s1. The molecule has 2 saturated heterocycles. The summed E-state index contributed by atoms with van der Waals surface area (Å²) in [5.41, 5.74) is -0.374. The number of ether oxygens (including phenoxy) is 1. The van der Waals surface area contributed by atoms with Gasteiger partial charge in [0.1, 0.15) is 5.60 Å². The Morgan fingerprint density at radius 3 is 2.42 bits per heavy atom. The highest BCUT2D eigenvalue weighted by Crippen LogP contribution is 2.34. The first-order valence-electron chi connectivity index (χ1n) is 9.33. The maximum atomic E-state index is 12.4. The summed E-state index contributed by atoms with van der Waals surface area (Å²) in [4.78, 5) is 28.5. The summed E-state index contributed by atoms with van der Waals surface area (Å²) in [6.07, 6.45) is 3.52. The minimum Gasteiger partial charge on any atom is -0.441 e. The number of amides is 2. The number of carbonyl (C=O) groups is 2. The molecule has 0 N–H and O–H groups in total. The third-order valence-corrected chi connectivity index (χ3v) is 6.46. The Morgan fingerprint density at radius 2 is 1.88 bits per heavy atom. The number of likely N-dealkylation sites (tertiary alicyclic amines) is 1. The van der Waals surface area contributed by atoms with Crippen molar-refractivity contribution in [3.05, 3.63) is 0 Å². The average Bonchev–Trinajstić information content (AvgIpc) is 2.88. The van der Waals surface area contributed by atoms with Gasteiger partial charge in [0.2, 0.25) is 5.91 Å². The second-order valence-electron chi connectivity index (χ2n) is 7.04. The van der Waals surface area contributed by atoms with Gasteiger partial charge in [-0.2, -0.15) is 0 Å². The first-order valence-corrected chi connectivity index (χ1v) is 10.4. The highest BCUT2D eigenvalue weighted by Gasteiger charge is 2.47. The van der Waals surface area contributed by atoms with Gasteiger partial charge < -0.3 is 14.5 Å². The van der Waals surface area contributed by atoms with E-state index in [2.05, 4.69) is 20.8 Å². The topological polar surface area (TPSA) is 49.9 Å². The molecular weight excluding hydrogens is 324 g/mol. The van der Waals surface area contributed by atoms with Gasteiger partial charge in [0.25, 0.3) is 0 Å². The number of nitrogens with zero attached hydrogens (tertiary/aromatic N) is 2. The van der Waals surface area contributed by atoms with Gasteiger partial charge in [0, 0.05) is 32.5 Å². The maximum absolute atomic E-state index is 12.4. The minimum absolute atomic E-state index is 0.0153. The summed E-state index contributed by atoms with van der Waals surface area (Å²) in [6.45, 7) is 11.3. The number of piperidine rings is 1. The van der Waals surface area contributed by atoms with Crippen molar-refractivity contribution in [1.29, 1.82) is 0 Å². The van der Waals surface area contributed by atoms with Gasteiger partial charge in [-0.25, -0.2) is 4.79 Å². The van der Waals surface area contributed by atoms with Crippen LogP contribution in [0.1, 0.15) is 53.4 Å². The van der Waals surface area contributed by atoms with E-state index in [4.69, 9.17) is 4.74 Å². The zero-order chi connectivity index (χ0) is 17.7. The molecule has 2 fully saturated rings. The van der Waals surface area contributed by atoms with Crippen LogP contribution in [-0.2, 0) is 9.53 Å². The molecule has 5 nitrogen and oxygen atoms in total. The van der Waals surface area contributed by atoms with Crippen LogP contribution in [0.4, 0.5) is 4.79 Å². The van der Waals surface area contributed by atoms with E-state index in [0.29, 0.717) is 25.6 Å². The molecule has 1 spiro atoms. The summed E-state index contributed by atoms with van der Waals surface area (Å²) >= 11 is 1.68. The Hall–Kier alpha value is -0.910. The smallest absolute Gasteiger partial charge is 0.410 e. The number of rotatable bonds is 7. The van der Waals surface area contributed by atoms with Gasteiger partial charge in [-0.1, -0.05) is 33.6 Å². The van der Waals surface area contributed by atoms with Gasteiger partial charge >= 0.3 is 6.09 Å². The van der Waals surface area contributed by atoms with Crippen molar-refractivity contribution >= 4 is 23.8 Å². The maximum Gasteiger partial charge on any atom is 0.410 e. The molecule has 6 heteroatoms. The Morgan fingerprint density at radius 1 is 1.25 bits per heavy atom. The van der Waals surface area contributed by atoms with Crippen LogP contribution in [0.2, 0.25) is 0 Å². The molecule has 0 bridgehead atoms. The molecule has 0 aromatic heterocycles. The van der Waals surface area contributed by atoms with Crippen molar-refractivity contribution in [1.82, 2.24) is 9.80 Å². The van der Waals surface area contributed by atoms with Crippen LogP contribution in [0, 0.1) is 5.92 Å². The minimum atomic E-state index is -0.374. The zero-order valence-electron chi connectivity index (χ0n) is 15.5. The van der Waals surface area contributed by atoms with Crippen molar-refractivity contribution < 1.29 is 14.3 Å². The molecule has 24 heavy (non-hydrogen) atoms. The summed E-state index contributed by atoms with van der Waals surface area (Å²) in [5.74, 6) is 1.71. The molecule has 2 aliphatic heterocycles. The molecular formula is C18H32N2O3S. The SMILES string of the molecule is CCS[C@@H](C)C(=O)N1CCC2(CC1)CN(CC(CC)CC)C(=O)O2. The lowest BCUT2D eigenvalue weighted by Gasteiger charge is -2.38. The number of carbonyl (C=O) groups excluding carboxylic acids is 2. The second kappa shape index (κ2) is 8.45. The molecule has 0 radical (unpaired) electrons. The van der Waals surface area contributed by atoms with Crippen molar-refractivity contribution in [2.45, 2.75) is 64.2 Å². The predicted octanol–water partition coefficient (Wildman–Crippen LogP) is 3.38. The normalized spacial score (nSPS) is 21.5. The van der Waals surface area contributed by atoms with Crippen molar-refractivity contribution in [2.75, 3.05) is 31.9 Å². The molecule has 2 amide bonds. The molecule has 1 atom stereocenters. The van der Waals surface area contributed by atoms with E-state index in [9.17, 15) is 9.59 Å². The fraction of sp³-hybridized carbons (Fsp3) is 0.889. The largest absolute Gasteiger partial charge is 0.441 e. The van der Waals surface area contributed by atoms with Crippen LogP contribution in [-0.4, -0.2) is 64.6 Å². The fourth-order valence-electron chi connectivity index (χ4n) is 3.67. The Balaban J connectivity index is 1.89. The van der Waals surface area contributed by atoms with Crippen LogP contribution in [0.5, 0.6) is 0 Å². The third-order valence-electron chi connectivity index (χ3n) is 5.43. The number of hydrogen-bond donors (Lipinski definition) is 0. The molecule has 0 aromatic rings. The van der Waals surface area contributed by atoms with Gasteiger partial charge in [-0.05, 0) is 18.6 Å². The van der Waals surface area contributed by atoms with E-state index in [1.54, 1.807) is 11.8 Å². The highest BCUT2D eigenvalue weighted by molar-refractivity contribution is 8.00. The molecule has 0 saturated carbocycles. The monoisotopic (exact) mass is 356 g/mol. The van der Waals surface area contributed by atoms with Crippen molar-refractivity contribution in [2.24, 2.45) is 5.92 Å². The van der Waals surface area contributed by atoms with Crippen LogP contribution >= 0.6 is 11.8 Å². The van der Waals surface area contributed by atoms with Gasteiger partial charge in [0.15, 0.2) is 0 Å². The third kappa shape index (κ3) is 4.38. The molecule has 2 aliphatic rings. The lowest BCUT2D eigenvalue weighted by molar-refractivity contribution is -0.133. The fourth-order valence-corrected chi connectivity index (χ4v) is 4.46. The van der Waals surface area contributed by atoms with Crippen LogP contribution in [0.25, 0.3) is 0 Å². The first-order chi connectivity index (χ1) is 11.4. The molecule has 2 rings (SSSR count). The lowest BCUT2D eigenvalue weighted by Crippen LogP contribution is -2.50. The quantitative estimate of drug-likeness (QED) is 0.702. The highest BCUT2D eigenvalue weighted by atomic mass is 32.2. The Bertz CT molecular complexity index is 446. The number of thioether (sulfide) groups is 1. The van der Waals surface area contributed by atoms with Crippen molar-refractivity contribution in [3.63, 3.8) is 0 Å². The molecule has 0 unspecified atom stereocenters. The van der Waals surface area contributed by atoms with Gasteiger partial charge in [-0.15, -0.1) is 11.8 Å². The summed E-state index contributed by atoms with van der Waals surface area (Å²) in [5, 5.41) is 0.0153. The van der Waals surface area contributed by atoms with E-state index in [1.807, 2.05) is 16.7 Å². The number of hydrogen-bond acceptors (Lipinski definition) is 4. The van der Waals surface area contributed by atoms with E-state index >= 15 is 0 Å². The van der Waals surface area contributed by atoms with E-state index in [1.165, 1.54) is 0 Å². The predicted molar refractivity (Wildman–Crippen MR) is 98.3 cm³/mol. The Labute approximate surface area is 150 Å². The summed E-state index contributed by atoms with van der Waals surface area (Å²) in [7, 11) is 0. The molecule has 2 heterocycles. The van der Waals surface area contributed by atoms with Crippen LogP contribution in [0.15, 0.2) is 0 Å². The second-order valence-corrected chi connectivity index (χ2v) is 8.65. The van der Waals surface area contributed by atoms with Crippen LogP contribution in [0.3, 0.4) is 0 Å². The molecule has 0 aromatic carbocycles. The first kappa shape index (κ1) is 19.4. The average molecular weight is 357 g/mol. The van der Waals surface area contributed by atoms with Gasteiger partial charge in [0.05, 0.1) is 11.8 Å². The molecule has 0 aliphatic carbocycles. The Kier molecular flexibility index (Phi) is 6.84. The summed E-state index contributed by atoms with van der Waals surface area (Å²) in [6, 6.07) is 0. The lowest BCUT2D eigenvalue weighted by atomic mass is 9.91. The van der Waals surface area contributed by atoms with Gasteiger partial charge in [-0.3, -0.25) is 4.79 Å². The van der Waals surface area contributed by atoms with E-state index in [0.717, 1.165) is 38.0 Å². The van der Waals surface area contributed by atoms with E-state index < -0.39 is 0 Å². The molecule has 138 valence electrons. The van der Waals surface area contributed by atoms with Crippen molar-refractivity contribution in [3.8, 4) is 0 Å². The van der Waals surface area contributed by atoms with Crippen LogP contribution < -0.4 is 0 Å². The zero-order valence-corrected chi connectivity index (χ0v) is 16.4. The van der Waals surface area contributed by atoms with E-state index in [-0.39, 0.29) is 22.9 Å². The summed E-state index contributed by atoms with van der Waals surface area (Å²) < 4.78 is 5.77.